The van der Waals surface area contributed by atoms with Crippen LogP contribution >= 0.6 is 0 Å². The molecule has 1 unspecified atom stereocenters. The van der Waals surface area contributed by atoms with E-state index in [0.29, 0.717) is 0 Å². The summed E-state index contributed by atoms with van der Waals surface area (Å²) in [7, 11) is 0. The van der Waals surface area contributed by atoms with Gasteiger partial charge in [-0.25, -0.2) is 4.68 Å². The quantitative estimate of drug-likeness (QED) is 0.351. The van der Waals surface area contributed by atoms with Crippen molar-refractivity contribution < 1.29 is 4.92 Å². The fraction of sp³-hybridized carbons (Fsp3) is 0.391. The fourth-order valence-corrected chi connectivity index (χ4v) is 3.69. The first kappa shape index (κ1) is 21.5. The summed E-state index contributed by atoms with van der Waals surface area (Å²) < 4.78 is 1.76. The molecule has 0 saturated heterocycles. The zero-order valence-electron chi connectivity index (χ0n) is 18.1. The van der Waals surface area contributed by atoms with Crippen LogP contribution in [0.3, 0.4) is 0 Å². The molecule has 0 amide bonds. The molecule has 3 aromatic rings. The van der Waals surface area contributed by atoms with Gasteiger partial charge in [0, 0.05) is 36.5 Å². The zero-order valence-corrected chi connectivity index (χ0v) is 18.1. The smallest absolute Gasteiger partial charge is 0.269 e. The van der Waals surface area contributed by atoms with Crippen LogP contribution in [-0.2, 0) is 0 Å². The lowest BCUT2D eigenvalue weighted by molar-refractivity contribution is -0.384. The number of rotatable bonds is 9. The minimum atomic E-state index is -0.371. The Morgan fingerprint density at radius 3 is 2.37 bits per heavy atom. The molecule has 3 rings (SSSR count). The zero-order chi connectivity index (χ0) is 21.7. The van der Waals surface area contributed by atoms with Gasteiger partial charge in [0.25, 0.3) is 5.69 Å². The monoisotopic (exact) mass is 407 g/mol. The molecule has 1 aromatic heterocycles. The SMILES string of the molecule is CCCN(CCC)c1ccc(-c2cn(C(C)c3cc([N+](=O)[O-])ccc3C)nn2)cc1. The van der Waals surface area contributed by atoms with Crippen molar-refractivity contribution in [3.8, 4) is 11.3 Å². The Labute approximate surface area is 177 Å². The van der Waals surface area contributed by atoms with E-state index in [-0.39, 0.29) is 16.7 Å². The molecule has 0 radical (unpaired) electrons. The van der Waals surface area contributed by atoms with E-state index >= 15 is 0 Å². The second kappa shape index (κ2) is 9.52. The minimum Gasteiger partial charge on any atom is -0.372 e. The summed E-state index contributed by atoms with van der Waals surface area (Å²) in [6.07, 6.45) is 4.13. The van der Waals surface area contributed by atoms with Crippen LogP contribution in [0.1, 0.15) is 50.8 Å². The number of anilines is 1. The molecule has 0 bridgehead atoms. The van der Waals surface area contributed by atoms with Crippen LogP contribution in [0.4, 0.5) is 11.4 Å². The van der Waals surface area contributed by atoms with Crippen molar-refractivity contribution in [3.63, 3.8) is 0 Å². The van der Waals surface area contributed by atoms with Crippen molar-refractivity contribution in [3.05, 3.63) is 69.9 Å². The highest BCUT2D eigenvalue weighted by molar-refractivity contribution is 5.62. The van der Waals surface area contributed by atoms with Gasteiger partial charge in [-0.15, -0.1) is 5.10 Å². The first-order valence-electron chi connectivity index (χ1n) is 10.5. The number of non-ortho nitro benzene ring substituents is 1. The minimum absolute atomic E-state index is 0.0853. The molecule has 7 nitrogen and oxygen atoms in total. The first-order valence-corrected chi connectivity index (χ1v) is 10.5. The van der Waals surface area contributed by atoms with Crippen LogP contribution in [-0.4, -0.2) is 33.0 Å². The Balaban J connectivity index is 1.82. The predicted octanol–water partition coefficient (Wildman–Crippen LogP) is 5.40. The molecule has 0 fully saturated rings. The third-order valence-electron chi connectivity index (χ3n) is 5.35. The lowest BCUT2D eigenvalue weighted by Gasteiger charge is -2.23. The van der Waals surface area contributed by atoms with Gasteiger partial charge in [0.2, 0.25) is 0 Å². The largest absolute Gasteiger partial charge is 0.372 e. The van der Waals surface area contributed by atoms with Crippen LogP contribution in [0.25, 0.3) is 11.3 Å². The van der Waals surface area contributed by atoms with Crippen molar-refractivity contribution >= 4 is 11.4 Å². The van der Waals surface area contributed by atoms with Gasteiger partial charge >= 0.3 is 0 Å². The van der Waals surface area contributed by atoms with E-state index in [2.05, 4.69) is 53.3 Å². The molecule has 0 aliphatic carbocycles. The molecule has 30 heavy (non-hydrogen) atoms. The molecule has 0 aliphatic heterocycles. The summed E-state index contributed by atoms with van der Waals surface area (Å²) >= 11 is 0. The Kier molecular flexibility index (Phi) is 6.82. The van der Waals surface area contributed by atoms with Gasteiger partial charge in [-0.05, 0) is 49.9 Å². The highest BCUT2D eigenvalue weighted by atomic mass is 16.6. The summed E-state index contributed by atoms with van der Waals surface area (Å²) in [5.41, 5.74) is 4.94. The summed E-state index contributed by atoms with van der Waals surface area (Å²) in [6.45, 7) is 10.4. The highest BCUT2D eigenvalue weighted by Crippen LogP contribution is 2.27. The van der Waals surface area contributed by atoms with Gasteiger partial charge in [0.1, 0.15) is 5.69 Å². The molecule has 0 saturated carbocycles. The fourth-order valence-electron chi connectivity index (χ4n) is 3.69. The molecule has 2 aromatic carbocycles. The van der Waals surface area contributed by atoms with Gasteiger partial charge in [-0.1, -0.05) is 37.3 Å². The van der Waals surface area contributed by atoms with Crippen LogP contribution in [0.2, 0.25) is 0 Å². The number of benzene rings is 2. The summed E-state index contributed by atoms with van der Waals surface area (Å²) in [5.74, 6) is 0. The third-order valence-corrected chi connectivity index (χ3v) is 5.35. The van der Waals surface area contributed by atoms with Gasteiger partial charge < -0.3 is 4.90 Å². The molecule has 7 heteroatoms. The van der Waals surface area contributed by atoms with Crippen molar-refractivity contribution in [1.82, 2.24) is 15.0 Å². The van der Waals surface area contributed by atoms with E-state index in [1.165, 1.54) is 11.8 Å². The number of nitrogens with zero attached hydrogens (tertiary/aromatic N) is 5. The second-order valence-corrected chi connectivity index (χ2v) is 7.59. The first-order chi connectivity index (χ1) is 14.4. The van der Waals surface area contributed by atoms with Crippen LogP contribution < -0.4 is 4.90 Å². The van der Waals surface area contributed by atoms with E-state index in [0.717, 1.165) is 48.3 Å². The third kappa shape index (κ3) is 4.67. The summed E-state index contributed by atoms with van der Waals surface area (Å²) in [6, 6.07) is 13.2. The van der Waals surface area contributed by atoms with Gasteiger partial charge in [0.05, 0.1) is 17.2 Å². The standard InChI is InChI=1S/C23H29N5O2/c1-5-13-26(14-6-2)20-11-8-19(9-12-20)23-16-27(25-24-23)18(4)22-15-21(28(29)30)10-7-17(22)3/h7-12,15-16,18H,5-6,13-14H2,1-4H3. The van der Waals surface area contributed by atoms with Gasteiger partial charge in [0.15, 0.2) is 0 Å². The Bertz CT molecular complexity index is 991. The van der Waals surface area contributed by atoms with Crippen LogP contribution in [0.15, 0.2) is 48.7 Å². The lowest BCUT2D eigenvalue weighted by Crippen LogP contribution is -2.24. The molecule has 0 N–H and O–H groups in total. The van der Waals surface area contributed by atoms with Crippen molar-refractivity contribution in [1.29, 1.82) is 0 Å². The molecule has 158 valence electrons. The Hall–Kier alpha value is -3.22. The van der Waals surface area contributed by atoms with Gasteiger partial charge in [-0.3, -0.25) is 10.1 Å². The average Bonchev–Trinajstić information content (AvgIpc) is 3.24. The van der Waals surface area contributed by atoms with E-state index in [1.807, 2.05) is 20.0 Å². The topological polar surface area (TPSA) is 77.1 Å². The molecule has 0 spiro atoms. The Morgan fingerprint density at radius 1 is 1.10 bits per heavy atom. The van der Waals surface area contributed by atoms with Crippen molar-refractivity contribution in [2.75, 3.05) is 18.0 Å². The maximum absolute atomic E-state index is 11.1. The molecule has 0 aliphatic rings. The normalized spacial score (nSPS) is 12.0. The van der Waals surface area contributed by atoms with Crippen LogP contribution in [0.5, 0.6) is 0 Å². The van der Waals surface area contributed by atoms with E-state index in [1.54, 1.807) is 16.8 Å². The maximum atomic E-state index is 11.1. The number of aromatic nitrogens is 3. The number of hydrogen-bond donors (Lipinski definition) is 0. The molecular weight excluding hydrogens is 378 g/mol. The molecule has 1 heterocycles. The Morgan fingerprint density at radius 2 is 1.77 bits per heavy atom. The summed E-state index contributed by atoms with van der Waals surface area (Å²) in [5, 5.41) is 19.8. The predicted molar refractivity (Wildman–Crippen MR) is 120 cm³/mol. The van der Waals surface area contributed by atoms with E-state index < -0.39 is 0 Å². The second-order valence-electron chi connectivity index (χ2n) is 7.59. The summed E-state index contributed by atoms with van der Waals surface area (Å²) in [4.78, 5) is 13.2. The van der Waals surface area contributed by atoms with Gasteiger partial charge in [-0.2, -0.15) is 0 Å². The van der Waals surface area contributed by atoms with E-state index in [4.69, 9.17) is 0 Å². The van der Waals surface area contributed by atoms with Crippen molar-refractivity contribution in [2.24, 2.45) is 0 Å². The average molecular weight is 408 g/mol. The number of nitro groups is 1. The maximum Gasteiger partial charge on any atom is 0.269 e. The number of nitro benzene ring substituents is 1. The molecular formula is C23H29N5O2. The van der Waals surface area contributed by atoms with Crippen LogP contribution in [0, 0.1) is 17.0 Å². The number of hydrogen-bond acceptors (Lipinski definition) is 5. The highest BCUT2D eigenvalue weighted by Gasteiger charge is 2.17. The molecule has 1 atom stereocenters. The van der Waals surface area contributed by atoms with E-state index in [9.17, 15) is 10.1 Å². The lowest BCUT2D eigenvalue weighted by atomic mass is 10.0. The number of aryl methyl sites for hydroxylation is 1. The van der Waals surface area contributed by atoms with Crippen molar-refractivity contribution in [2.45, 2.75) is 46.6 Å².